The lowest BCUT2D eigenvalue weighted by Gasteiger charge is -2.28. The quantitative estimate of drug-likeness (QED) is 0.618. The second kappa shape index (κ2) is 3.94. The average Bonchev–Trinajstić information content (AvgIpc) is 1.89. The van der Waals surface area contributed by atoms with Crippen LogP contribution < -0.4 is 5.32 Å². The zero-order valence-electron chi connectivity index (χ0n) is 7.44. The van der Waals surface area contributed by atoms with Crippen molar-refractivity contribution in [2.75, 3.05) is 13.6 Å². The maximum atomic E-state index is 9.51. The second-order valence-corrected chi connectivity index (χ2v) is 3.42. The Morgan fingerprint density at radius 3 is 2.30 bits per heavy atom. The molecule has 0 aromatic heterocycles. The van der Waals surface area contributed by atoms with Crippen LogP contribution in [0.4, 0.5) is 0 Å². The Balaban J connectivity index is 3.78. The van der Waals surface area contributed by atoms with Gasteiger partial charge in [0.1, 0.15) is 0 Å². The smallest absolute Gasteiger partial charge is 0.0715 e. The van der Waals surface area contributed by atoms with Crippen LogP contribution in [0.25, 0.3) is 0 Å². The van der Waals surface area contributed by atoms with E-state index in [1.165, 1.54) is 0 Å². The van der Waals surface area contributed by atoms with Gasteiger partial charge in [-0.1, -0.05) is 20.8 Å². The van der Waals surface area contributed by atoms with Crippen LogP contribution in [0.2, 0.25) is 0 Å². The van der Waals surface area contributed by atoms with E-state index in [9.17, 15) is 5.11 Å². The molecule has 0 aliphatic rings. The van der Waals surface area contributed by atoms with E-state index in [1.54, 1.807) is 0 Å². The van der Waals surface area contributed by atoms with Gasteiger partial charge in [-0.25, -0.2) is 0 Å². The monoisotopic (exact) mass is 145 g/mol. The van der Waals surface area contributed by atoms with Crippen molar-refractivity contribution in [3.8, 4) is 0 Å². The maximum absolute atomic E-state index is 9.51. The van der Waals surface area contributed by atoms with Gasteiger partial charge in [-0.05, 0) is 18.9 Å². The van der Waals surface area contributed by atoms with E-state index in [0.717, 1.165) is 6.42 Å². The Morgan fingerprint density at radius 2 is 2.00 bits per heavy atom. The van der Waals surface area contributed by atoms with Gasteiger partial charge in [-0.2, -0.15) is 0 Å². The number of hydrogen-bond donors (Lipinski definition) is 2. The average molecular weight is 145 g/mol. The third-order valence-corrected chi connectivity index (χ3v) is 2.21. The largest absolute Gasteiger partial charge is 0.391 e. The normalized spacial score (nSPS) is 15.3. The van der Waals surface area contributed by atoms with Crippen molar-refractivity contribution in [2.24, 2.45) is 5.41 Å². The van der Waals surface area contributed by atoms with Crippen LogP contribution >= 0.6 is 0 Å². The molecule has 0 aromatic carbocycles. The molecule has 0 aliphatic carbocycles. The van der Waals surface area contributed by atoms with Gasteiger partial charge in [0.2, 0.25) is 0 Å². The van der Waals surface area contributed by atoms with Crippen LogP contribution in [0.5, 0.6) is 0 Å². The molecular formula is C8H19NO. The minimum Gasteiger partial charge on any atom is -0.391 e. The van der Waals surface area contributed by atoms with Crippen molar-refractivity contribution < 1.29 is 5.11 Å². The molecule has 0 spiro atoms. The molecule has 2 nitrogen and oxygen atoms in total. The first-order chi connectivity index (χ1) is 4.54. The highest BCUT2D eigenvalue weighted by Gasteiger charge is 2.24. The molecule has 0 bridgehead atoms. The first-order valence-corrected chi connectivity index (χ1v) is 3.87. The molecule has 10 heavy (non-hydrogen) atoms. The molecule has 0 heterocycles. The molecule has 1 atom stereocenters. The molecule has 0 saturated carbocycles. The van der Waals surface area contributed by atoms with Crippen LogP contribution in [0.1, 0.15) is 27.2 Å². The topological polar surface area (TPSA) is 32.3 Å². The predicted octanol–water partition coefficient (Wildman–Crippen LogP) is 1.00. The van der Waals surface area contributed by atoms with E-state index in [1.807, 2.05) is 7.05 Å². The summed E-state index contributed by atoms with van der Waals surface area (Å²) < 4.78 is 0. The molecule has 0 aliphatic heterocycles. The van der Waals surface area contributed by atoms with E-state index in [4.69, 9.17) is 0 Å². The SMILES string of the molecule is CCC(C)(C)C(O)CNC. The fourth-order valence-electron chi connectivity index (χ4n) is 0.705. The highest BCUT2D eigenvalue weighted by Crippen LogP contribution is 2.23. The van der Waals surface area contributed by atoms with Gasteiger partial charge in [-0.3, -0.25) is 0 Å². The van der Waals surface area contributed by atoms with Crippen molar-refractivity contribution >= 4 is 0 Å². The lowest BCUT2D eigenvalue weighted by atomic mass is 9.84. The van der Waals surface area contributed by atoms with Gasteiger partial charge in [0.15, 0.2) is 0 Å². The maximum Gasteiger partial charge on any atom is 0.0715 e. The number of rotatable bonds is 4. The van der Waals surface area contributed by atoms with Crippen molar-refractivity contribution in [3.05, 3.63) is 0 Å². The third-order valence-electron chi connectivity index (χ3n) is 2.21. The standard InChI is InChI=1S/C8H19NO/c1-5-8(2,3)7(10)6-9-4/h7,9-10H,5-6H2,1-4H3. The van der Waals surface area contributed by atoms with E-state index < -0.39 is 0 Å². The Kier molecular flexibility index (Phi) is 3.91. The van der Waals surface area contributed by atoms with Crippen molar-refractivity contribution in [3.63, 3.8) is 0 Å². The van der Waals surface area contributed by atoms with Crippen LogP contribution in [0.3, 0.4) is 0 Å². The van der Waals surface area contributed by atoms with Gasteiger partial charge in [0, 0.05) is 6.54 Å². The van der Waals surface area contributed by atoms with E-state index in [2.05, 4.69) is 26.1 Å². The summed E-state index contributed by atoms with van der Waals surface area (Å²) in [5.74, 6) is 0. The van der Waals surface area contributed by atoms with Crippen molar-refractivity contribution in [2.45, 2.75) is 33.3 Å². The molecular weight excluding hydrogens is 126 g/mol. The molecule has 62 valence electrons. The summed E-state index contributed by atoms with van der Waals surface area (Å²) >= 11 is 0. The molecule has 0 rings (SSSR count). The molecule has 0 fully saturated rings. The zero-order chi connectivity index (χ0) is 8.20. The number of hydrogen-bond acceptors (Lipinski definition) is 2. The molecule has 0 amide bonds. The van der Waals surface area contributed by atoms with Crippen LogP contribution in [-0.4, -0.2) is 24.8 Å². The first-order valence-electron chi connectivity index (χ1n) is 3.87. The lowest BCUT2D eigenvalue weighted by molar-refractivity contribution is 0.0492. The van der Waals surface area contributed by atoms with Gasteiger partial charge in [0.05, 0.1) is 6.10 Å². The minimum atomic E-state index is -0.234. The predicted molar refractivity (Wildman–Crippen MR) is 44.0 cm³/mol. The lowest BCUT2D eigenvalue weighted by Crippen LogP contribution is -2.36. The number of nitrogens with one attached hydrogen (secondary N) is 1. The highest BCUT2D eigenvalue weighted by molar-refractivity contribution is 4.77. The van der Waals surface area contributed by atoms with Crippen LogP contribution in [0, 0.1) is 5.41 Å². The molecule has 2 N–H and O–H groups in total. The highest BCUT2D eigenvalue weighted by atomic mass is 16.3. The molecule has 0 saturated heterocycles. The van der Waals surface area contributed by atoms with Gasteiger partial charge in [0.25, 0.3) is 0 Å². The van der Waals surface area contributed by atoms with Crippen LogP contribution in [-0.2, 0) is 0 Å². The minimum absolute atomic E-state index is 0.0447. The molecule has 0 radical (unpaired) electrons. The summed E-state index contributed by atoms with van der Waals surface area (Å²) in [6.07, 6.45) is 0.776. The van der Waals surface area contributed by atoms with Crippen molar-refractivity contribution in [1.82, 2.24) is 5.32 Å². The fourth-order valence-corrected chi connectivity index (χ4v) is 0.705. The fraction of sp³-hybridized carbons (Fsp3) is 1.00. The number of aliphatic hydroxyl groups is 1. The Morgan fingerprint density at radius 1 is 1.50 bits per heavy atom. The third kappa shape index (κ3) is 2.67. The Hall–Kier alpha value is -0.0800. The summed E-state index contributed by atoms with van der Waals surface area (Å²) in [5, 5.41) is 12.5. The number of likely N-dealkylation sites (N-methyl/N-ethyl adjacent to an activating group) is 1. The molecule has 2 heteroatoms. The van der Waals surface area contributed by atoms with Crippen LogP contribution in [0.15, 0.2) is 0 Å². The zero-order valence-corrected chi connectivity index (χ0v) is 7.44. The van der Waals surface area contributed by atoms with E-state index in [0.29, 0.717) is 6.54 Å². The summed E-state index contributed by atoms with van der Waals surface area (Å²) in [6, 6.07) is 0. The van der Waals surface area contributed by atoms with E-state index >= 15 is 0 Å². The number of aliphatic hydroxyl groups excluding tert-OH is 1. The summed E-state index contributed by atoms with van der Waals surface area (Å²) in [6.45, 7) is 6.93. The molecule has 0 aromatic rings. The van der Waals surface area contributed by atoms with Gasteiger partial charge in [-0.15, -0.1) is 0 Å². The summed E-state index contributed by atoms with van der Waals surface area (Å²) in [4.78, 5) is 0. The first kappa shape index (κ1) is 9.92. The van der Waals surface area contributed by atoms with E-state index in [-0.39, 0.29) is 11.5 Å². The Bertz CT molecular complexity index is 91.3. The molecule has 1 unspecified atom stereocenters. The summed E-state index contributed by atoms with van der Waals surface area (Å²) in [7, 11) is 1.86. The summed E-state index contributed by atoms with van der Waals surface area (Å²) in [5.41, 5.74) is 0.0447. The van der Waals surface area contributed by atoms with Gasteiger partial charge < -0.3 is 10.4 Å². The van der Waals surface area contributed by atoms with Crippen molar-refractivity contribution in [1.29, 1.82) is 0 Å². The second-order valence-electron chi connectivity index (χ2n) is 3.42. The Labute approximate surface area is 63.6 Å². The van der Waals surface area contributed by atoms with Gasteiger partial charge >= 0.3 is 0 Å².